The summed E-state index contributed by atoms with van der Waals surface area (Å²) in [5.74, 6) is -0.883. The van der Waals surface area contributed by atoms with Crippen LogP contribution in [-0.2, 0) is 12.5 Å². The predicted molar refractivity (Wildman–Crippen MR) is 73.3 cm³/mol. The van der Waals surface area contributed by atoms with Gasteiger partial charge in [0.05, 0.1) is 5.52 Å². The summed E-state index contributed by atoms with van der Waals surface area (Å²) < 4.78 is 1.78. The third-order valence-corrected chi connectivity index (χ3v) is 3.30. The molecular formula is C15H19NO2. The number of carbonyl (C=O) groups is 1. The van der Waals surface area contributed by atoms with E-state index in [1.807, 2.05) is 20.0 Å². The molecule has 1 aromatic heterocycles. The molecule has 0 unspecified atom stereocenters. The number of hydrogen-bond acceptors (Lipinski definition) is 1. The average Bonchev–Trinajstić information content (AvgIpc) is 2.53. The maximum atomic E-state index is 11.2. The Bertz CT molecular complexity index is 630. The van der Waals surface area contributed by atoms with Crippen molar-refractivity contribution in [2.45, 2.75) is 33.1 Å². The second kappa shape index (κ2) is 3.87. The molecule has 0 spiro atoms. The zero-order valence-electron chi connectivity index (χ0n) is 11.5. The molecule has 2 rings (SSSR count). The summed E-state index contributed by atoms with van der Waals surface area (Å²) in [6, 6.07) is 5.94. The molecule has 3 heteroatoms. The Balaban J connectivity index is 2.91. The number of carboxylic acids is 1. The first-order valence-corrected chi connectivity index (χ1v) is 6.05. The highest BCUT2D eigenvalue weighted by atomic mass is 16.4. The molecule has 0 aliphatic heterocycles. The summed E-state index contributed by atoms with van der Waals surface area (Å²) in [5, 5.41) is 10.2. The monoisotopic (exact) mass is 245 g/mol. The average molecular weight is 245 g/mol. The molecule has 0 atom stereocenters. The highest BCUT2D eigenvalue weighted by Gasteiger charge is 2.22. The lowest BCUT2D eigenvalue weighted by Gasteiger charge is -2.22. The van der Waals surface area contributed by atoms with E-state index < -0.39 is 5.97 Å². The Morgan fingerprint density at radius 1 is 1.22 bits per heavy atom. The molecular weight excluding hydrogens is 226 g/mol. The molecule has 0 saturated carbocycles. The van der Waals surface area contributed by atoms with Crippen molar-refractivity contribution >= 4 is 16.9 Å². The minimum Gasteiger partial charge on any atom is -0.477 e. The lowest BCUT2D eigenvalue weighted by molar-refractivity contribution is 0.0687. The van der Waals surface area contributed by atoms with Gasteiger partial charge in [0, 0.05) is 12.4 Å². The van der Waals surface area contributed by atoms with Gasteiger partial charge in [-0.25, -0.2) is 4.79 Å². The van der Waals surface area contributed by atoms with Gasteiger partial charge < -0.3 is 9.67 Å². The summed E-state index contributed by atoms with van der Waals surface area (Å²) in [7, 11) is 1.82. The molecule has 0 aliphatic carbocycles. The lowest BCUT2D eigenvalue weighted by atomic mass is 9.85. The van der Waals surface area contributed by atoms with E-state index in [1.54, 1.807) is 10.6 Å². The Morgan fingerprint density at radius 3 is 2.33 bits per heavy atom. The summed E-state index contributed by atoms with van der Waals surface area (Å²) in [6.07, 6.45) is 0. The van der Waals surface area contributed by atoms with Crippen LogP contribution in [0.2, 0.25) is 0 Å². The molecule has 0 amide bonds. The van der Waals surface area contributed by atoms with E-state index in [-0.39, 0.29) is 5.41 Å². The van der Waals surface area contributed by atoms with Crippen molar-refractivity contribution in [1.82, 2.24) is 4.57 Å². The topological polar surface area (TPSA) is 42.2 Å². The van der Waals surface area contributed by atoms with Crippen molar-refractivity contribution < 1.29 is 9.90 Å². The SMILES string of the molecule is Cc1cc(C(C)(C)C)c2c(c1)cc(C(=O)O)n2C. The second-order valence-corrected chi connectivity index (χ2v) is 5.89. The second-order valence-electron chi connectivity index (χ2n) is 5.89. The van der Waals surface area contributed by atoms with Crippen LogP contribution in [0.25, 0.3) is 10.9 Å². The van der Waals surface area contributed by atoms with Crippen LogP contribution in [0.1, 0.15) is 42.4 Å². The quantitative estimate of drug-likeness (QED) is 0.835. The Hall–Kier alpha value is -1.77. The van der Waals surface area contributed by atoms with Gasteiger partial charge in [0.2, 0.25) is 0 Å². The first kappa shape index (κ1) is 12.7. The highest BCUT2D eigenvalue weighted by molar-refractivity contribution is 5.96. The van der Waals surface area contributed by atoms with Gasteiger partial charge >= 0.3 is 5.97 Å². The lowest BCUT2D eigenvalue weighted by Crippen LogP contribution is -2.14. The summed E-state index contributed by atoms with van der Waals surface area (Å²) in [5.41, 5.74) is 3.70. The maximum Gasteiger partial charge on any atom is 0.352 e. The van der Waals surface area contributed by atoms with Crippen LogP contribution in [0.5, 0.6) is 0 Å². The van der Waals surface area contributed by atoms with Gasteiger partial charge in [-0.1, -0.05) is 32.4 Å². The normalized spacial score (nSPS) is 12.1. The van der Waals surface area contributed by atoms with E-state index in [9.17, 15) is 9.90 Å². The number of fused-ring (bicyclic) bond motifs is 1. The van der Waals surface area contributed by atoms with Gasteiger partial charge in [-0.3, -0.25) is 0 Å². The molecule has 0 aliphatic rings. The van der Waals surface area contributed by atoms with Crippen LogP contribution < -0.4 is 0 Å². The van der Waals surface area contributed by atoms with Crippen LogP contribution in [0.4, 0.5) is 0 Å². The van der Waals surface area contributed by atoms with Crippen molar-refractivity contribution in [3.05, 3.63) is 35.0 Å². The standard InChI is InChI=1S/C15H19NO2/c1-9-6-10-8-12(14(17)18)16(5)13(10)11(7-9)15(2,3)4/h6-8H,1-5H3,(H,17,18). The van der Waals surface area contributed by atoms with E-state index in [0.717, 1.165) is 16.5 Å². The summed E-state index contributed by atoms with van der Waals surface area (Å²) in [6.45, 7) is 8.49. The molecule has 1 heterocycles. The van der Waals surface area contributed by atoms with Gasteiger partial charge in [0.25, 0.3) is 0 Å². The van der Waals surface area contributed by atoms with E-state index in [4.69, 9.17) is 0 Å². The third kappa shape index (κ3) is 1.90. The third-order valence-electron chi connectivity index (χ3n) is 3.30. The van der Waals surface area contributed by atoms with Gasteiger partial charge in [-0.15, -0.1) is 0 Å². The van der Waals surface area contributed by atoms with Crippen molar-refractivity contribution in [3.63, 3.8) is 0 Å². The molecule has 1 aromatic carbocycles. The molecule has 0 radical (unpaired) electrons. The molecule has 0 bridgehead atoms. The molecule has 0 saturated heterocycles. The Morgan fingerprint density at radius 2 is 1.83 bits per heavy atom. The molecule has 96 valence electrons. The summed E-state index contributed by atoms with van der Waals surface area (Å²) >= 11 is 0. The first-order chi connectivity index (χ1) is 8.21. The van der Waals surface area contributed by atoms with E-state index in [0.29, 0.717) is 5.69 Å². The minimum atomic E-state index is -0.883. The molecule has 18 heavy (non-hydrogen) atoms. The van der Waals surface area contributed by atoms with Crippen molar-refractivity contribution in [2.24, 2.45) is 7.05 Å². The number of nitrogens with zero attached hydrogens (tertiary/aromatic N) is 1. The molecule has 2 aromatic rings. The molecule has 3 nitrogen and oxygen atoms in total. The van der Waals surface area contributed by atoms with Crippen LogP contribution in [0.3, 0.4) is 0 Å². The highest BCUT2D eigenvalue weighted by Crippen LogP contribution is 2.32. The number of aromatic carboxylic acids is 1. The fraction of sp³-hybridized carbons (Fsp3) is 0.400. The van der Waals surface area contributed by atoms with Gasteiger partial charge in [0.1, 0.15) is 5.69 Å². The minimum absolute atomic E-state index is 0.00778. The number of aryl methyl sites for hydroxylation is 2. The van der Waals surface area contributed by atoms with E-state index in [1.165, 1.54) is 5.56 Å². The van der Waals surface area contributed by atoms with E-state index in [2.05, 4.69) is 26.8 Å². The summed E-state index contributed by atoms with van der Waals surface area (Å²) in [4.78, 5) is 11.2. The Labute approximate surface area is 107 Å². The predicted octanol–water partition coefficient (Wildman–Crippen LogP) is 3.48. The Kier molecular flexibility index (Phi) is 2.73. The number of benzene rings is 1. The van der Waals surface area contributed by atoms with Gasteiger partial charge in [-0.2, -0.15) is 0 Å². The van der Waals surface area contributed by atoms with Crippen LogP contribution in [0.15, 0.2) is 18.2 Å². The smallest absolute Gasteiger partial charge is 0.352 e. The fourth-order valence-corrected chi connectivity index (χ4v) is 2.43. The van der Waals surface area contributed by atoms with Gasteiger partial charge in [-0.05, 0) is 30.0 Å². The van der Waals surface area contributed by atoms with Crippen molar-refractivity contribution in [2.75, 3.05) is 0 Å². The van der Waals surface area contributed by atoms with Gasteiger partial charge in [0.15, 0.2) is 0 Å². The van der Waals surface area contributed by atoms with E-state index >= 15 is 0 Å². The number of hydrogen-bond donors (Lipinski definition) is 1. The van der Waals surface area contributed by atoms with Crippen molar-refractivity contribution in [3.8, 4) is 0 Å². The zero-order chi connectivity index (χ0) is 13.7. The molecule has 0 fully saturated rings. The van der Waals surface area contributed by atoms with Crippen LogP contribution >= 0.6 is 0 Å². The van der Waals surface area contributed by atoms with Crippen LogP contribution in [-0.4, -0.2) is 15.6 Å². The first-order valence-electron chi connectivity index (χ1n) is 6.05. The van der Waals surface area contributed by atoms with Crippen molar-refractivity contribution in [1.29, 1.82) is 0 Å². The zero-order valence-corrected chi connectivity index (χ0v) is 11.5. The largest absolute Gasteiger partial charge is 0.477 e. The van der Waals surface area contributed by atoms with Crippen LogP contribution in [0, 0.1) is 6.92 Å². The number of carboxylic acid groups (broad SMARTS) is 1. The molecule has 1 N–H and O–H groups in total. The number of aromatic nitrogens is 1. The maximum absolute atomic E-state index is 11.2. The number of rotatable bonds is 1. The fourth-order valence-electron chi connectivity index (χ4n) is 2.43.